The molecule has 1 heterocycles. The van der Waals surface area contributed by atoms with E-state index in [9.17, 15) is 14.0 Å². The number of amides is 2. The monoisotopic (exact) mass is 398 g/mol. The summed E-state index contributed by atoms with van der Waals surface area (Å²) in [5.74, 6) is -0.342. The molecule has 5 nitrogen and oxygen atoms in total. The molecule has 2 aromatic rings. The maximum Gasteiger partial charge on any atom is 0.248 e. The summed E-state index contributed by atoms with van der Waals surface area (Å²) in [6.07, 6.45) is 1.15. The minimum Gasteiger partial charge on any atom is -0.375 e. The van der Waals surface area contributed by atoms with Crippen LogP contribution in [0.5, 0.6) is 0 Å². The van der Waals surface area contributed by atoms with Crippen LogP contribution in [0.15, 0.2) is 48.5 Å². The highest BCUT2D eigenvalue weighted by atomic mass is 19.1. The topological polar surface area (TPSA) is 49.9 Å². The van der Waals surface area contributed by atoms with Gasteiger partial charge in [-0.2, -0.15) is 0 Å². The lowest BCUT2D eigenvalue weighted by molar-refractivity contribution is -0.140. The van der Waals surface area contributed by atoms with Crippen molar-refractivity contribution in [2.75, 3.05) is 40.9 Å². The lowest BCUT2D eigenvalue weighted by atomic mass is 9.79. The van der Waals surface area contributed by atoms with Crippen LogP contribution in [0.4, 0.5) is 4.39 Å². The molecule has 3 rings (SSSR count). The van der Waals surface area contributed by atoms with E-state index in [2.05, 4.69) is 0 Å². The summed E-state index contributed by atoms with van der Waals surface area (Å²) in [7, 11) is 4.99. The molecular formula is C23H27FN2O3. The SMILES string of the molecule is COCC(=O)N1CCC(Cc2cccc(-c3ccc(F)cc3)c2)(C(=O)N(C)C)C1. The molecule has 2 aromatic carbocycles. The number of benzene rings is 2. The summed E-state index contributed by atoms with van der Waals surface area (Å²) >= 11 is 0. The van der Waals surface area contributed by atoms with Crippen LogP contribution in [0.3, 0.4) is 0 Å². The van der Waals surface area contributed by atoms with E-state index >= 15 is 0 Å². The van der Waals surface area contributed by atoms with E-state index < -0.39 is 5.41 Å². The Bertz CT molecular complexity index is 882. The molecule has 1 aliphatic rings. The number of hydrogen-bond acceptors (Lipinski definition) is 3. The van der Waals surface area contributed by atoms with Crippen molar-refractivity contribution in [3.05, 3.63) is 59.9 Å². The molecule has 6 heteroatoms. The van der Waals surface area contributed by atoms with Crippen molar-refractivity contribution in [3.8, 4) is 11.1 Å². The normalized spacial score (nSPS) is 18.7. The molecule has 0 N–H and O–H groups in total. The Morgan fingerprint density at radius 3 is 2.52 bits per heavy atom. The summed E-state index contributed by atoms with van der Waals surface area (Å²) < 4.78 is 18.2. The van der Waals surface area contributed by atoms with Gasteiger partial charge in [0.1, 0.15) is 12.4 Å². The first-order chi connectivity index (χ1) is 13.8. The molecule has 29 heavy (non-hydrogen) atoms. The van der Waals surface area contributed by atoms with Crippen molar-refractivity contribution in [1.29, 1.82) is 0 Å². The second-order valence-electron chi connectivity index (χ2n) is 7.86. The van der Waals surface area contributed by atoms with Gasteiger partial charge in [0.05, 0.1) is 5.41 Å². The van der Waals surface area contributed by atoms with Crippen LogP contribution in [-0.4, -0.2) is 62.5 Å². The van der Waals surface area contributed by atoms with Crippen LogP contribution >= 0.6 is 0 Å². The summed E-state index contributed by atoms with van der Waals surface area (Å²) in [6, 6.07) is 14.3. The number of carbonyl (C=O) groups excluding carboxylic acids is 2. The van der Waals surface area contributed by atoms with Gasteiger partial charge in [0.2, 0.25) is 11.8 Å². The average Bonchev–Trinajstić information content (AvgIpc) is 3.13. The van der Waals surface area contributed by atoms with Crippen molar-refractivity contribution < 1.29 is 18.7 Å². The van der Waals surface area contributed by atoms with Crippen LogP contribution in [-0.2, 0) is 20.7 Å². The largest absolute Gasteiger partial charge is 0.375 e. The van der Waals surface area contributed by atoms with E-state index in [4.69, 9.17) is 4.74 Å². The second kappa shape index (κ2) is 8.74. The number of halogens is 1. The third kappa shape index (κ3) is 4.65. The molecule has 0 aromatic heterocycles. The Balaban J connectivity index is 1.87. The zero-order valence-electron chi connectivity index (χ0n) is 17.2. The molecule has 0 aliphatic carbocycles. The number of likely N-dealkylation sites (tertiary alicyclic amines) is 1. The minimum atomic E-state index is -0.658. The first-order valence-electron chi connectivity index (χ1n) is 9.68. The molecule has 0 saturated carbocycles. The van der Waals surface area contributed by atoms with E-state index in [1.165, 1.54) is 19.2 Å². The maximum atomic E-state index is 13.2. The van der Waals surface area contributed by atoms with Crippen molar-refractivity contribution in [1.82, 2.24) is 9.80 Å². The third-order valence-corrected chi connectivity index (χ3v) is 5.48. The van der Waals surface area contributed by atoms with Gasteiger partial charge in [-0.3, -0.25) is 9.59 Å². The first-order valence-corrected chi connectivity index (χ1v) is 9.68. The van der Waals surface area contributed by atoms with Gasteiger partial charge in [-0.15, -0.1) is 0 Å². The van der Waals surface area contributed by atoms with Gasteiger partial charge in [-0.05, 0) is 41.7 Å². The molecular weight excluding hydrogens is 371 g/mol. The molecule has 1 atom stereocenters. The molecule has 2 amide bonds. The van der Waals surface area contributed by atoms with Crippen molar-refractivity contribution in [3.63, 3.8) is 0 Å². The third-order valence-electron chi connectivity index (χ3n) is 5.48. The molecule has 154 valence electrons. The number of methoxy groups -OCH3 is 1. The highest BCUT2D eigenvalue weighted by Gasteiger charge is 2.46. The standard InChI is InChI=1S/C23H27FN2O3/c1-25(2)22(28)23(11-12-26(16-23)21(27)15-29-3)14-17-5-4-6-19(13-17)18-7-9-20(24)10-8-18/h4-10,13H,11-12,14-16H2,1-3H3. The van der Waals surface area contributed by atoms with Gasteiger partial charge in [0.15, 0.2) is 0 Å². The van der Waals surface area contributed by atoms with E-state index in [0.29, 0.717) is 25.9 Å². The lowest BCUT2D eigenvalue weighted by Gasteiger charge is -2.31. The van der Waals surface area contributed by atoms with E-state index in [1.54, 1.807) is 36.0 Å². The van der Waals surface area contributed by atoms with Crippen LogP contribution in [0.2, 0.25) is 0 Å². The second-order valence-corrected chi connectivity index (χ2v) is 7.86. The number of rotatable bonds is 6. The minimum absolute atomic E-state index is 0.0201. The Kier molecular flexibility index (Phi) is 6.33. The average molecular weight is 398 g/mol. The van der Waals surface area contributed by atoms with Gasteiger partial charge in [0.25, 0.3) is 0 Å². The summed E-state index contributed by atoms with van der Waals surface area (Å²) in [5, 5.41) is 0. The van der Waals surface area contributed by atoms with Crippen LogP contribution in [0.1, 0.15) is 12.0 Å². The van der Waals surface area contributed by atoms with E-state index in [1.807, 2.05) is 24.3 Å². The number of carbonyl (C=O) groups is 2. The van der Waals surface area contributed by atoms with Crippen molar-refractivity contribution in [2.45, 2.75) is 12.8 Å². The zero-order valence-corrected chi connectivity index (χ0v) is 17.2. The predicted molar refractivity (Wildman–Crippen MR) is 110 cm³/mol. The smallest absolute Gasteiger partial charge is 0.248 e. The Morgan fingerprint density at radius 2 is 1.86 bits per heavy atom. The Labute approximate surface area is 171 Å². The van der Waals surface area contributed by atoms with Gasteiger partial charge in [-0.25, -0.2) is 4.39 Å². The molecule has 0 bridgehead atoms. The van der Waals surface area contributed by atoms with Gasteiger partial charge < -0.3 is 14.5 Å². The Morgan fingerprint density at radius 1 is 1.14 bits per heavy atom. The van der Waals surface area contributed by atoms with Gasteiger partial charge in [0, 0.05) is 34.3 Å². The van der Waals surface area contributed by atoms with Gasteiger partial charge in [-0.1, -0.05) is 36.4 Å². The Hall–Kier alpha value is -2.73. The zero-order chi connectivity index (χ0) is 21.0. The first kappa shape index (κ1) is 21.0. The molecule has 0 radical (unpaired) electrons. The highest BCUT2D eigenvalue weighted by molar-refractivity contribution is 5.86. The van der Waals surface area contributed by atoms with E-state index in [-0.39, 0.29) is 24.2 Å². The number of nitrogens with zero attached hydrogens (tertiary/aromatic N) is 2. The van der Waals surface area contributed by atoms with Crippen LogP contribution < -0.4 is 0 Å². The molecule has 1 saturated heterocycles. The number of hydrogen-bond donors (Lipinski definition) is 0. The van der Waals surface area contributed by atoms with E-state index in [0.717, 1.165) is 16.7 Å². The van der Waals surface area contributed by atoms with Crippen LogP contribution in [0, 0.1) is 11.2 Å². The molecule has 0 spiro atoms. The summed E-state index contributed by atoms with van der Waals surface area (Å²) in [6.45, 7) is 0.943. The quantitative estimate of drug-likeness (QED) is 0.752. The fourth-order valence-corrected chi connectivity index (χ4v) is 4.06. The number of ether oxygens (including phenoxy) is 1. The van der Waals surface area contributed by atoms with Crippen LogP contribution in [0.25, 0.3) is 11.1 Å². The predicted octanol–water partition coefficient (Wildman–Crippen LogP) is 2.99. The fourth-order valence-electron chi connectivity index (χ4n) is 4.06. The van der Waals surface area contributed by atoms with Gasteiger partial charge >= 0.3 is 0 Å². The molecule has 1 aliphatic heterocycles. The highest BCUT2D eigenvalue weighted by Crippen LogP contribution is 2.37. The molecule has 1 unspecified atom stereocenters. The molecule has 1 fully saturated rings. The fraction of sp³-hybridized carbons (Fsp3) is 0.391. The maximum absolute atomic E-state index is 13.2. The summed E-state index contributed by atoms with van der Waals surface area (Å²) in [5.41, 5.74) is 2.25. The van der Waals surface area contributed by atoms with Crippen molar-refractivity contribution in [2.24, 2.45) is 5.41 Å². The summed E-state index contributed by atoms with van der Waals surface area (Å²) in [4.78, 5) is 28.7. The lowest BCUT2D eigenvalue weighted by Crippen LogP contribution is -2.45. The van der Waals surface area contributed by atoms with Crippen molar-refractivity contribution >= 4 is 11.8 Å².